The zero-order valence-corrected chi connectivity index (χ0v) is 25.5. The Hall–Kier alpha value is -4.40. The molecule has 3 fully saturated rings. The van der Waals surface area contributed by atoms with Crippen LogP contribution in [-0.2, 0) is 19.2 Å². The summed E-state index contributed by atoms with van der Waals surface area (Å²) < 4.78 is 0. The number of likely N-dealkylation sites (tertiary alicyclic amines) is 2. The SMILES string of the molecule is C[C@@H]1CCCN1CCCN1CCN(CCCN2CCC[C@H]2C)C1=C(C#N)C#N.O=C(O)C=CC(=O)O.O=C(O)C=CC(=O)O. The Bertz CT molecular complexity index is 1040. The van der Waals surface area contributed by atoms with E-state index >= 15 is 0 Å². The van der Waals surface area contributed by atoms with E-state index in [1.807, 2.05) is 0 Å². The van der Waals surface area contributed by atoms with Gasteiger partial charge in [-0.2, -0.15) is 10.5 Å². The molecule has 44 heavy (non-hydrogen) atoms. The van der Waals surface area contributed by atoms with E-state index in [1.165, 1.54) is 38.8 Å². The molecule has 14 heteroatoms. The first-order chi connectivity index (χ1) is 20.9. The second kappa shape index (κ2) is 20.5. The molecular weight excluding hydrogens is 572 g/mol. The number of carboxylic acid groups (broad SMARTS) is 4. The molecule has 3 heterocycles. The van der Waals surface area contributed by atoms with Crippen LogP contribution in [-0.4, -0.2) is 128 Å². The highest BCUT2D eigenvalue weighted by atomic mass is 16.4. The largest absolute Gasteiger partial charge is 0.478 e. The maximum absolute atomic E-state index is 9.55. The number of carboxylic acids is 4. The van der Waals surface area contributed by atoms with E-state index < -0.39 is 23.9 Å². The molecule has 3 aliphatic heterocycles. The molecule has 3 saturated heterocycles. The van der Waals surface area contributed by atoms with Gasteiger partial charge in [-0.1, -0.05) is 0 Å². The lowest BCUT2D eigenvalue weighted by molar-refractivity contribution is -0.134. The predicted molar refractivity (Wildman–Crippen MR) is 160 cm³/mol. The Balaban J connectivity index is 0.000000498. The molecule has 0 bridgehead atoms. The van der Waals surface area contributed by atoms with Crippen LogP contribution in [0.2, 0.25) is 0 Å². The third-order valence-corrected chi connectivity index (χ3v) is 7.55. The Morgan fingerprint density at radius 2 is 1.00 bits per heavy atom. The van der Waals surface area contributed by atoms with Gasteiger partial charge in [-0.3, -0.25) is 0 Å². The Morgan fingerprint density at radius 1 is 0.659 bits per heavy atom. The Labute approximate surface area is 258 Å². The maximum atomic E-state index is 9.55. The molecule has 0 aromatic heterocycles. The van der Waals surface area contributed by atoms with Gasteiger partial charge in [0, 0.05) is 75.7 Å². The summed E-state index contributed by atoms with van der Waals surface area (Å²) in [5, 5.41) is 50.2. The lowest BCUT2D eigenvalue weighted by atomic mass is 10.2. The first-order valence-corrected chi connectivity index (χ1v) is 14.7. The lowest BCUT2D eigenvalue weighted by Gasteiger charge is -2.27. The summed E-state index contributed by atoms with van der Waals surface area (Å²) in [7, 11) is 0. The summed E-state index contributed by atoms with van der Waals surface area (Å²) in [6, 6.07) is 5.69. The van der Waals surface area contributed by atoms with E-state index in [4.69, 9.17) is 20.4 Å². The van der Waals surface area contributed by atoms with E-state index in [1.54, 1.807) is 0 Å². The van der Waals surface area contributed by atoms with Crippen molar-refractivity contribution in [3.63, 3.8) is 0 Å². The van der Waals surface area contributed by atoms with Crippen LogP contribution in [0.5, 0.6) is 0 Å². The number of hydrogen-bond donors (Lipinski definition) is 4. The predicted octanol–water partition coefficient (Wildman–Crippen LogP) is 2.04. The minimum atomic E-state index is -1.26. The van der Waals surface area contributed by atoms with Crippen molar-refractivity contribution < 1.29 is 39.6 Å². The van der Waals surface area contributed by atoms with Crippen molar-refractivity contribution in [2.24, 2.45) is 0 Å². The van der Waals surface area contributed by atoms with Crippen LogP contribution >= 0.6 is 0 Å². The smallest absolute Gasteiger partial charge is 0.328 e. The Morgan fingerprint density at radius 3 is 1.25 bits per heavy atom. The fraction of sp³-hybridized carbons (Fsp3) is 0.600. The van der Waals surface area contributed by atoms with Crippen LogP contribution in [0, 0.1) is 22.7 Å². The van der Waals surface area contributed by atoms with Gasteiger partial charge in [-0.15, -0.1) is 0 Å². The average Bonchev–Trinajstić information content (AvgIpc) is 3.69. The number of carbonyl (C=O) groups is 4. The van der Waals surface area contributed by atoms with Crippen molar-refractivity contribution in [1.82, 2.24) is 19.6 Å². The van der Waals surface area contributed by atoms with Crippen LogP contribution in [0.3, 0.4) is 0 Å². The summed E-state index contributed by atoms with van der Waals surface area (Å²) >= 11 is 0. The minimum Gasteiger partial charge on any atom is -0.478 e. The highest BCUT2D eigenvalue weighted by Crippen LogP contribution is 2.24. The van der Waals surface area contributed by atoms with Crippen molar-refractivity contribution in [2.75, 3.05) is 52.4 Å². The van der Waals surface area contributed by atoms with Gasteiger partial charge in [0.25, 0.3) is 0 Å². The normalized spacial score (nSPS) is 20.0. The van der Waals surface area contributed by atoms with Crippen LogP contribution in [0.25, 0.3) is 0 Å². The molecule has 242 valence electrons. The van der Waals surface area contributed by atoms with E-state index in [9.17, 15) is 29.7 Å². The van der Waals surface area contributed by atoms with Gasteiger partial charge in [-0.25, -0.2) is 19.2 Å². The summed E-state index contributed by atoms with van der Waals surface area (Å²) in [6.07, 6.45) is 9.67. The molecule has 14 nitrogen and oxygen atoms in total. The molecular formula is C30H44N6O8. The molecule has 0 saturated carbocycles. The molecule has 0 aliphatic carbocycles. The van der Waals surface area contributed by atoms with E-state index in [2.05, 4.69) is 45.6 Å². The third-order valence-electron chi connectivity index (χ3n) is 7.55. The fourth-order valence-corrected chi connectivity index (χ4v) is 5.39. The zero-order chi connectivity index (χ0) is 33.1. The Kier molecular flexibility index (Phi) is 17.5. The molecule has 4 N–H and O–H groups in total. The van der Waals surface area contributed by atoms with Crippen molar-refractivity contribution in [2.45, 2.75) is 64.5 Å². The third kappa shape index (κ3) is 14.7. The first kappa shape index (κ1) is 37.6. The summed E-state index contributed by atoms with van der Waals surface area (Å²) in [4.78, 5) is 47.9. The van der Waals surface area contributed by atoms with Gasteiger partial charge >= 0.3 is 23.9 Å². The molecule has 0 amide bonds. The lowest BCUT2D eigenvalue weighted by Crippen LogP contribution is -2.33. The van der Waals surface area contributed by atoms with Crippen LogP contribution in [0.15, 0.2) is 35.7 Å². The van der Waals surface area contributed by atoms with Crippen molar-refractivity contribution in [3.8, 4) is 12.1 Å². The second-order valence-corrected chi connectivity index (χ2v) is 10.7. The highest BCUT2D eigenvalue weighted by Gasteiger charge is 2.29. The molecule has 3 rings (SSSR count). The molecule has 0 aromatic rings. The fourth-order valence-electron chi connectivity index (χ4n) is 5.39. The number of aliphatic carboxylic acids is 4. The van der Waals surface area contributed by atoms with Crippen LogP contribution < -0.4 is 0 Å². The number of nitriles is 2. The molecule has 3 aliphatic rings. The molecule has 0 aromatic carbocycles. The topological polar surface area (TPSA) is 210 Å². The van der Waals surface area contributed by atoms with Crippen molar-refractivity contribution >= 4 is 23.9 Å². The summed E-state index contributed by atoms with van der Waals surface area (Å²) in [6.45, 7) is 13.0. The van der Waals surface area contributed by atoms with Gasteiger partial charge < -0.3 is 40.0 Å². The van der Waals surface area contributed by atoms with Gasteiger partial charge in [0.2, 0.25) is 0 Å². The summed E-state index contributed by atoms with van der Waals surface area (Å²) in [5.41, 5.74) is 0.279. The number of nitrogens with zero attached hydrogens (tertiary/aromatic N) is 6. The van der Waals surface area contributed by atoms with Gasteiger partial charge in [0.05, 0.1) is 0 Å². The maximum Gasteiger partial charge on any atom is 0.328 e. The van der Waals surface area contributed by atoms with Crippen molar-refractivity contribution in [3.05, 3.63) is 35.7 Å². The molecule has 0 spiro atoms. The summed E-state index contributed by atoms with van der Waals surface area (Å²) in [5.74, 6) is -4.14. The van der Waals surface area contributed by atoms with E-state index in [0.29, 0.717) is 36.4 Å². The number of allylic oxidation sites excluding steroid dienone is 1. The van der Waals surface area contributed by atoms with E-state index in [-0.39, 0.29) is 5.57 Å². The minimum absolute atomic E-state index is 0.279. The quantitative estimate of drug-likeness (QED) is 0.183. The number of rotatable bonds is 12. The van der Waals surface area contributed by atoms with Gasteiger partial charge in [0.1, 0.15) is 18.0 Å². The zero-order valence-electron chi connectivity index (χ0n) is 25.5. The van der Waals surface area contributed by atoms with Crippen LogP contribution in [0.4, 0.5) is 0 Å². The highest BCUT2D eigenvalue weighted by molar-refractivity contribution is 5.90. The first-order valence-electron chi connectivity index (χ1n) is 14.7. The molecule has 0 radical (unpaired) electrons. The molecule has 0 unspecified atom stereocenters. The average molecular weight is 617 g/mol. The number of hydrogen-bond acceptors (Lipinski definition) is 10. The van der Waals surface area contributed by atoms with Gasteiger partial charge in [0.15, 0.2) is 5.57 Å². The second-order valence-electron chi connectivity index (χ2n) is 10.7. The van der Waals surface area contributed by atoms with Crippen molar-refractivity contribution in [1.29, 1.82) is 10.5 Å². The monoisotopic (exact) mass is 616 g/mol. The standard InChI is InChI=1S/C22H36N6.2C4H4O4/c1-19-7-3-9-25(19)11-5-13-27-15-16-28(22(27)21(17-23)18-24)14-6-12-26-10-4-8-20(26)2;2*5-3(6)1-2-4(7)8/h19-20H,3-16H2,1-2H3;2*1-2H,(H,5,6)(H,7,8)/t19-,20-;;/m1../s1. The van der Waals surface area contributed by atoms with E-state index in [0.717, 1.165) is 57.9 Å². The van der Waals surface area contributed by atoms with Crippen LogP contribution in [0.1, 0.15) is 52.4 Å². The molecule has 2 atom stereocenters. The van der Waals surface area contributed by atoms with Gasteiger partial charge in [-0.05, 0) is 65.5 Å².